The maximum absolute atomic E-state index is 12.0. The van der Waals surface area contributed by atoms with E-state index in [0.29, 0.717) is 13.0 Å². The maximum Gasteiger partial charge on any atom is 0.315 e. The second-order valence-electron chi connectivity index (χ2n) is 7.87. The van der Waals surface area contributed by atoms with Crippen molar-refractivity contribution >= 4 is 11.9 Å². The molecule has 0 aromatic heterocycles. The van der Waals surface area contributed by atoms with Crippen molar-refractivity contribution in [3.05, 3.63) is 0 Å². The van der Waals surface area contributed by atoms with Crippen LogP contribution in [0.1, 0.15) is 60.8 Å². The van der Waals surface area contributed by atoms with E-state index in [0.717, 1.165) is 12.8 Å². The molecule has 0 bridgehead atoms. The van der Waals surface area contributed by atoms with Crippen LogP contribution in [0.3, 0.4) is 0 Å². The quantitative estimate of drug-likeness (QED) is 0.621. The molecular weight excluding hydrogens is 280 g/mol. The zero-order chi connectivity index (χ0) is 17.0. The van der Waals surface area contributed by atoms with Crippen LogP contribution in [0.25, 0.3) is 0 Å². The Hall–Kier alpha value is -1.30. The highest BCUT2D eigenvalue weighted by Gasteiger charge is 2.38. The molecule has 0 aliphatic carbocycles. The molecule has 3 amide bonds. The summed E-state index contributed by atoms with van der Waals surface area (Å²) in [4.78, 5) is 23.5. The van der Waals surface area contributed by atoms with E-state index in [-0.39, 0.29) is 35.1 Å². The van der Waals surface area contributed by atoms with E-state index in [1.807, 2.05) is 13.8 Å². The summed E-state index contributed by atoms with van der Waals surface area (Å²) in [6.45, 7) is 12.8. The van der Waals surface area contributed by atoms with Gasteiger partial charge in [-0.15, -0.1) is 0 Å². The van der Waals surface area contributed by atoms with E-state index in [4.69, 9.17) is 0 Å². The van der Waals surface area contributed by atoms with E-state index in [1.165, 1.54) is 0 Å². The van der Waals surface area contributed by atoms with Crippen molar-refractivity contribution in [3.8, 4) is 0 Å². The number of carbonyl (C=O) groups is 2. The third-order valence-electron chi connectivity index (χ3n) is 3.61. The average molecular weight is 312 g/mol. The lowest BCUT2D eigenvalue weighted by Gasteiger charge is -2.46. The van der Waals surface area contributed by atoms with Gasteiger partial charge in [-0.1, -0.05) is 0 Å². The fourth-order valence-corrected chi connectivity index (χ4v) is 3.34. The number of piperidine rings is 1. The third-order valence-corrected chi connectivity index (χ3v) is 3.61. The fourth-order valence-electron chi connectivity index (χ4n) is 3.34. The van der Waals surface area contributed by atoms with E-state index < -0.39 is 0 Å². The minimum Gasteiger partial charge on any atom is -0.354 e. The zero-order valence-corrected chi connectivity index (χ0v) is 14.8. The second kappa shape index (κ2) is 7.31. The Balaban J connectivity index is 2.34. The molecule has 0 aromatic carbocycles. The maximum atomic E-state index is 12.0. The highest BCUT2D eigenvalue weighted by atomic mass is 16.2. The van der Waals surface area contributed by atoms with Crippen LogP contribution in [0.15, 0.2) is 0 Å². The molecule has 0 radical (unpaired) electrons. The average Bonchev–Trinajstić information content (AvgIpc) is 2.22. The summed E-state index contributed by atoms with van der Waals surface area (Å²) in [5, 5.41) is 12.2. The summed E-state index contributed by atoms with van der Waals surface area (Å²) in [6, 6.07) is 0.0621. The van der Waals surface area contributed by atoms with E-state index in [1.54, 1.807) is 0 Å². The molecule has 22 heavy (non-hydrogen) atoms. The number of hydrogen-bond donors (Lipinski definition) is 4. The minimum atomic E-state index is -0.198. The Morgan fingerprint density at radius 3 is 2.18 bits per heavy atom. The smallest absolute Gasteiger partial charge is 0.315 e. The van der Waals surface area contributed by atoms with Crippen LogP contribution >= 0.6 is 0 Å². The highest BCUT2D eigenvalue weighted by Crippen LogP contribution is 2.28. The summed E-state index contributed by atoms with van der Waals surface area (Å²) in [7, 11) is 0. The molecule has 0 spiro atoms. The normalized spacial score (nSPS) is 20.5. The molecule has 0 atom stereocenters. The van der Waals surface area contributed by atoms with Crippen LogP contribution < -0.4 is 21.3 Å². The van der Waals surface area contributed by atoms with Crippen LogP contribution in [-0.2, 0) is 4.79 Å². The van der Waals surface area contributed by atoms with Gasteiger partial charge in [0, 0.05) is 36.1 Å². The largest absolute Gasteiger partial charge is 0.354 e. The molecule has 1 rings (SSSR count). The lowest BCUT2D eigenvalue weighted by Crippen LogP contribution is -2.62. The van der Waals surface area contributed by atoms with Crippen LogP contribution in [0.4, 0.5) is 4.79 Å². The Labute approximate surface area is 134 Å². The van der Waals surface area contributed by atoms with Crippen molar-refractivity contribution in [2.75, 3.05) is 6.54 Å². The molecule has 6 nitrogen and oxygen atoms in total. The lowest BCUT2D eigenvalue weighted by molar-refractivity contribution is -0.121. The molecule has 1 aliphatic rings. The number of nitrogens with one attached hydrogen (secondary N) is 4. The van der Waals surface area contributed by atoms with Gasteiger partial charge >= 0.3 is 6.03 Å². The van der Waals surface area contributed by atoms with Crippen molar-refractivity contribution in [3.63, 3.8) is 0 Å². The van der Waals surface area contributed by atoms with Gasteiger partial charge in [0.05, 0.1) is 0 Å². The van der Waals surface area contributed by atoms with Crippen molar-refractivity contribution < 1.29 is 9.59 Å². The summed E-state index contributed by atoms with van der Waals surface area (Å²) in [6.07, 6.45) is 2.07. The predicted molar refractivity (Wildman–Crippen MR) is 88.7 cm³/mol. The van der Waals surface area contributed by atoms with Crippen LogP contribution in [0, 0.1) is 0 Å². The summed E-state index contributed by atoms with van der Waals surface area (Å²) in [5.41, 5.74) is -0.00626. The van der Waals surface area contributed by atoms with Gasteiger partial charge < -0.3 is 21.3 Å². The van der Waals surface area contributed by atoms with Gasteiger partial charge in [-0.25, -0.2) is 4.79 Å². The highest BCUT2D eigenvalue weighted by molar-refractivity contribution is 5.78. The molecule has 0 aromatic rings. The summed E-state index contributed by atoms with van der Waals surface area (Å²) in [5.74, 6) is -0.0422. The predicted octanol–water partition coefficient (Wildman–Crippen LogP) is 1.51. The molecule has 1 fully saturated rings. The fraction of sp³-hybridized carbons (Fsp3) is 0.875. The summed E-state index contributed by atoms with van der Waals surface area (Å²) >= 11 is 0. The molecular formula is C16H32N4O2. The topological polar surface area (TPSA) is 82.3 Å². The molecule has 6 heteroatoms. The molecule has 1 aliphatic heterocycles. The monoisotopic (exact) mass is 312 g/mol. The number of carbonyl (C=O) groups excluding carboxylic acids is 2. The van der Waals surface area contributed by atoms with Crippen LogP contribution in [-0.4, -0.2) is 41.6 Å². The summed E-state index contributed by atoms with van der Waals surface area (Å²) < 4.78 is 0. The van der Waals surface area contributed by atoms with E-state index in [2.05, 4.69) is 49.0 Å². The standard InChI is InChI=1S/C16H32N4O2/c1-11(2)18-13(21)7-8-17-14(22)19-12-9-15(3,4)20-16(5,6)10-12/h11-12,20H,7-10H2,1-6H3,(H,18,21)(H2,17,19,22). The second-order valence-corrected chi connectivity index (χ2v) is 7.87. The van der Waals surface area contributed by atoms with E-state index in [9.17, 15) is 9.59 Å². The van der Waals surface area contributed by atoms with Gasteiger partial charge in [0.15, 0.2) is 0 Å². The Morgan fingerprint density at radius 2 is 1.68 bits per heavy atom. The van der Waals surface area contributed by atoms with Crippen molar-refractivity contribution in [2.24, 2.45) is 0 Å². The first-order valence-electron chi connectivity index (χ1n) is 8.12. The molecule has 128 valence electrons. The zero-order valence-electron chi connectivity index (χ0n) is 14.8. The third kappa shape index (κ3) is 7.11. The number of amides is 3. The molecule has 1 heterocycles. The number of hydrogen-bond acceptors (Lipinski definition) is 3. The van der Waals surface area contributed by atoms with Gasteiger partial charge in [-0.3, -0.25) is 4.79 Å². The Morgan fingerprint density at radius 1 is 1.14 bits per heavy atom. The van der Waals surface area contributed by atoms with Crippen molar-refractivity contribution in [2.45, 2.75) is 84.0 Å². The number of urea groups is 1. The lowest BCUT2D eigenvalue weighted by atomic mass is 9.80. The van der Waals surface area contributed by atoms with Crippen molar-refractivity contribution in [1.82, 2.24) is 21.3 Å². The first kappa shape index (κ1) is 18.7. The Kier molecular flexibility index (Phi) is 6.23. The molecule has 0 unspecified atom stereocenters. The van der Waals surface area contributed by atoms with Crippen LogP contribution in [0.5, 0.6) is 0 Å². The van der Waals surface area contributed by atoms with Gasteiger partial charge in [0.1, 0.15) is 0 Å². The Bertz CT molecular complexity index is 389. The van der Waals surface area contributed by atoms with Gasteiger partial charge in [-0.05, 0) is 54.4 Å². The number of rotatable bonds is 5. The first-order chi connectivity index (χ1) is 9.99. The van der Waals surface area contributed by atoms with Gasteiger partial charge in [0.2, 0.25) is 5.91 Å². The minimum absolute atomic E-state index is 0.00313. The molecule has 4 N–H and O–H groups in total. The van der Waals surface area contributed by atoms with Crippen LogP contribution in [0.2, 0.25) is 0 Å². The van der Waals surface area contributed by atoms with Gasteiger partial charge in [-0.2, -0.15) is 0 Å². The van der Waals surface area contributed by atoms with Crippen molar-refractivity contribution in [1.29, 1.82) is 0 Å². The molecule has 1 saturated heterocycles. The molecule has 0 saturated carbocycles. The first-order valence-corrected chi connectivity index (χ1v) is 8.12. The van der Waals surface area contributed by atoms with E-state index >= 15 is 0 Å². The SMILES string of the molecule is CC(C)NC(=O)CCNC(=O)NC1CC(C)(C)NC(C)(C)C1. The van der Waals surface area contributed by atoms with Gasteiger partial charge in [0.25, 0.3) is 0 Å².